The van der Waals surface area contributed by atoms with Crippen LogP contribution >= 0.6 is 0 Å². The third-order valence-corrected chi connectivity index (χ3v) is 4.03. The summed E-state index contributed by atoms with van der Waals surface area (Å²) in [5.41, 5.74) is 2.20. The number of ether oxygens (including phenoxy) is 1. The van der Waals surface area contributed by atoms with Crippen LogP contribution in [0.2, 0.25) is 0 Å². The monoisotopic (exact) mass is 359 g/mol. The number of carbonyl (C=O) groups excluding carboxylic acids is 1. The molecule has 0 bridgehead atoms. The molecule has 1 atom stereocenters. The van der Waals surface area contributed by atoms with Gasteiger partial charge < -0.3 is 14.6 Å². The minimum Gasteiger partial charge on any atom is -0.435 e. The third kappa shape index (κ3) is 3.82. The van der Waals surface area contributed by atoms with E-state index in [0.29, 0.717) is 5.69 Å². The zero-order chi connectivity index (χ0) is 18.7. The molecule has 0 radical (unpaired) electrons. The minimum atomic E-state index is -2.88. The molecule has 2 aromatic carbocycles. The van der Waals surface area contributed by atoms with E-state index in [0.717, 1.165) is 11.0 Å². The Balaban J connectivity index is 1.81. The molecule has 1 heterocycles. The summed E-state index contributed by atoms with van der Waals surface area (Å²) in [4.78, 5) is 17.2. The number of benzene rings is 2. The highest BCUT2D eigenvalue weighted by molar-refractivity contribution is 5.95. The Kier molecular flexibility index (Phi) is 5.16. The summed E-state index contributed by atoms with van der Waals surface area (Å²) in [6.07, 6.45) is 1.66. The average molecular weight is 359 g/mol. The van der Waals surface area contributed by atoms with Gasteiger partial charge in [-0.3, -0.25) is 4.79 Å². The smallest absolute Gasteiger partial charge is 0.387 e. The summed E-state index contributed by atoms with van der Waals surface area (Å²) < 4.78 is 30.6. The molecule has 0 unspecified atom stereocenters. The maximum atomic E-state index is 12.8. The van der Waals surface area contributed by atoms with Crippen LogP contribution in [0.4, 0.5) is 14.5 Å². The number of aromatic nitrogens is 2. The predicted octanol–water partition coefficient (Wildman–Crippen LogP) is 4.47. The standard InChI is InChI=1S/C19H19F2N3O2/c1-12(2)17(24-11-22-15-5-3-4-6-16(15)24)18(25)23-13-7-9-14(10-8-13)26-19(20)21/h3-12,17,19H,1-2H3,(H,23,25)/t17-/m0/s1. The van der Waals surface area contributed by atoms with Crippen LogP contribution in [0.1, 0.15) is 19.9 Å². The highest BCUT2D eigenvalue weighted by Crippen LogP contribution is 2.26. The lowest BCUT2D eigenvalue weighted by Gasteiger charge is -2.22. The van der Waals surface area contributed by atoms with Crippen LogP contribution in [-0.4, -0.2) is 22.1 Å². The van der Waals surface area contributed by atoms with Crippen molar-refractivity contribution in [1.82, 2.24) is 9.55 Å². The number of nitrogens with one attached hydrogen (secondary N) is 1. The number of amides is 1. The third-order valence-electron chi connectivity index (χ3n) is 4.03. The molecule has 0 aliphatic heterocycles. The molecule has 1 N–H and O–H groups in total. The van der Waals surface area contributed by atoms with Gasteiger partial charge in [0, 0.05) is 5.69 Å². The van der Waals surface area contributed by atoms with Gasteiger partial charge in [-0.25, -0.2) is 4.98 Å². The number of hydrogen-bond acceptors (Lipinski definition) is 3. The van der Waals surface area contributed by atoms with Crippen LogP contribution < -0.4 is 10.1 Å². The number of rotatable bonds is 6. The Morgan fingerprint density at radius 1 is 1.12 bits per heavy atom. The van der Waals surface area contributed by atoms with E-state index in [2.05, 4.69) is 15.0 Å². The fourth-order valence-corrected chi connectivity index (χ4v) is 2.89. The number of imidazole rings is 1. The second-order valence-corrected chi connectivity index (χ2v) is 6.22. The van der Waals surface area contributed by atoms with E-state index in [1.165, 1.54) is 24.3 Å². The first kappa shape index (κ1) is 17.8. The average Bonchev–Trinajstić information content (AvgIpc) is 3.00. The summed E-state index contributed by atoms with van der Waals surface area (Å²) in [7, 11) is 0. The topological polar surface area (TPSA) is 56.1 Å². The Morgan fingerprint density at radius 3 is 2.46 bits per heavy atom. The second kappa shape index (κ2) is 7.51. The second-order valence-electron chi connectivity index (χ2n) is 6.22. The highest BCUT2D eigenvalue weighted by atomic mass is 19.3. The van der Waals surface area contributed by atoms with Gasteiger partial charge in [0.1, 0.15) is 11.8 Å². The Morgan fingerprint density at radius 2 is 1.81 bits per heavy atom. The largest absolute Gasteiger partial charge is 0.435 e. The summed E-state index contributed by atoms with van der Waals surface area (Å²) in [6, 6.07) is 13.0. The molecule has 26 heavy (non-hydrogen) atoms. The number of anilines is 1. The molecule has 3 aromatic rings. The normalized spacial score (nSPS) is 12.5. The number of alkyl halides is 2. The zero-order valence-corrected chi connectivity index (χ0v) is 14.4. The summed E-state index contributed by atoms with van der Waals surface area (Å²) in [6.45, 7) is 1.03. The summed E-state index contributed by atoms with van der Waals surface area (Å²) >= 11 is 0. The number of para-hydroxylation sites is 2. The van der Waals surface area contributed by atoms with Crippen molar-refractivity contribution in [3.8, 4) is 5.75 Å². The first-order valence-corrected chi connectivity index (χ1v) is 8.23. The molecular weight excluding hydrogens is 340 g/mol. The molecule has 1 aromatic heterocycles. The van der Waals surface area contributed by atoms with Crippen molar-refractivity contribution < 1.29 is 18.3 Å². The maximum Gasteiger partial charge on any atom is 0.387 e. The van der Waals surface area contributed by atoms with Crippen LogP contribution in [0.3, 0.4) is 0 Å². The molecule has 0 saturated heterocycles. The van der Waals surface area contributed by atoms with E-state index in [-0.39, 0.29) is 17.6 Å². The van der Waals surface area contributed by atoms with Crippen LogP contribution in [0.5, 0.6) is 5.75 Å². The first-order valence-electron chi connectivity index (χ1n) is 8.23. The number of halogens is 2. The minimum absolute atomic E-state index is 0.0223. The van der Waals surface area contributed by atoms with E-state index in [1.807, 2.05) is 42.7 Å². The SMILES string of the molecule is CC(C)[C@@H](C(=O)Nc1ccc(OC(F)F)cc1)n1cnc2ccccc21. The molecule has 7 heteroatoms. The van der Waals surface area contributed by atoms with Gasteiger partial charge in [0.25, 0.3) is 0 Å². The van der Waals surface area contributed by atoms with Crippen LogP contribution in [0.15, 0.2) is 54.9 Å². The van der Waals surface area contributed by atoms with Crippen molar-refractivity contribution in [1.29, 1.82) is 0 Å². The van der Waals surface area contributed by atoms with Crippen molar-refractivity contribution in [2.45, 2.75) is 26.5 Å². The Labute approximate surface area is 149 Å². The molecule has 5 nitrogen and oxygen atoms in total. The molecule has 0 aliphatic carbocycles. The fourth-order valence-electron chi connectivity index (χ4n) is 2.89. The number of nitrogens with zero attached hydrogens (tertiary/aromatic N) is 2. The lowest BCUT2D eigenvalue weighted by molar-refractivity contribution is -0.120. The van der Waals surface area contributed by atoms with E-state index < -0.39 is 12.7 Å². The van der Waals surface area contributed by atoms with Crippen molar-refractivity contribution in [3.05, 3.63) is 54.9 Å². The highest BCUT2D eigenvalue weighted by Gasteiger charge is 2.25. The number of fused-ring (bicyclic) bond motifs is 1. The zero-order valence-electron chi connectivity index (χ0n) is 14.4. The summed E-state index contributed by atoms with van der Waals surface area (Å²) in [5.74, 6) is -0.140. The first-order chi connectivity index (χ1) is 12.5. The molecule has 0 spiro atoms. The van der Waals surface area contributed by atoms with Crippen molar-refractivity contribution in [3.63, 3.8) is 0 Å². The van der Waals surface area contributed by atoms with Gasteiger partial charge in [-0.15, -0.1) is 0 Å². The van der Waals surface area contributed by atoms with E-state index in [4.69, 9.17) is 0 Å². The lowest BCUT2D eigenvalue weighted by Crippen LogP contribution is -2.29. The van der Waals surface area contributed by atoms with Gasteiger partial charge in [-0.1, -0.05) is 26.0 Å². The lowest BCUT2D eigenvalue weighted by atomic mass is 10.0. The maximum absolute atomic E-state index is 12.8. The van der Waals surface area contributed by atoms with Crippen LogP contribution in [0, 0.1) is 5.92 Å². The van der Waals surface area contributed by atoms with Gasteiger partial charge in [-0.05, 0) is 42.3 Å². The molecule has 3 rings (SSSR count). The molecule has 0 aliphatic rings. The van der Waals surface area contributed by atoms with Gasteiger partial charge in [0.05, 0.1) is 17.4 Å². The number of hydrogen-bond donors (Lipinski definition) is 1. The molecular formula is C19H19F2N3O2. The molecule has 1 amide bonds. The quantitative estimate of drug-likeness (QED) is 0.706. The van der Waals surface area contributed by atoms with E-state index >= 15 is 0 Å². The van der Waals surface area contributed by atoms with E-state index in [9.17, 15) is 13.6 Å². The van der Waals surface area contributed by atoms with Crippen molar-refractivity contribution >= 4 is 22.6 Å². The Bertz CT molecular complexity index is 891. The van der Waals surface area contributed by atoms with Crippen molar-refractivity contribution in [2.24, 2.45) is 5.92 Å². The van der Waals surface area contributed by atoms with Crippen LogP contribution in [0.25, 0.3) is 11.0 Å². The van der Waals surface area contributed by atoms with Gasteiger partial charge in [0.2, 0.25) is 5.91 Å². The number of carbonyl (C=O) groups is 1. The van der Waals surface area contributed by atoms with E-state index in [1.54, 1.807) is 6.33 Å². The molecule has 0 saturated carbocycles. The Hall–Kier alpha value is -2.96. The van der Waals surface area contributed by atoms with Gasteiger partial charge in [-0.2, -0.15) is 8.78 Å². The van der Waals surface area contributed by atoms with Crippen LogP contribution in [-0.2, 0) is 4.79 Å². The van der Waals surface area contributed by atoms with Gasteiger partial charge >= 0.3 is 6.61 Å². The summed E-state index contributed by atoms with van der Waals surface area (Å²) in [5, 5.41) is 2.83. The molecule has 136 valence electrons. The fraction of sp³-hybridized carbons (Fsp3) is 0.263. The predicted molar refractivity (Wildman–Crippen MR) is 95.3 cm³/mol. The van der Waals surface area contributed by atoms with Crippen molar-refractivity contribution in [2.75, 3.05) is 5.32 Å². The molecule has 0 fully saturated rings. The van der Waals surface area contributed by atoms with Gasteiger partial charge in [0.15, 0.2) is 0 Å².